The van der Waals surface area contributed by atoms with Crippen molar-refractivity contribution in [1.82, 2.24) is 4.72 Å². The fraction of sp³-hybridized carbons (Fsp3) is 0.250. The average Bonchev–Trinajstić information content (AvgIpc) is 2.52. The summed E-state index contributed by atoms with van der Waals surface area (Å²) in [6, 6.07) is 14.1. The molecule has 0 radical (unpaired) electrons. The van der Waals surface area contributed by atoms with Crippen LogP contribution in [0.25, 0.3) is 0 Å². The Morgan fingerprint density at radius 2 is 1.91 bits per heavy atom. The van der Waals surface area contributed by atoms with Gasteiger partial charge in [-0.1, -0.05) is 35.9 Å². The third kappa shape index (κ3) is 4.37. The van der Waals surface area contributed by atoms with Gasteiger partial charge in [0.1, 0.15) is 12.7 Å². The average molecular weight is 354 g/mol. The minimum atomic E-state index is -3.47. The summed E-state index contributed by atoms with van der Waals surface area (Å²) in [6.45, 7) is 0.452. The first-order valence-corrected chi connectivity index (χ1v) is 9.15. The molecule has 1 heterocycles. The molecule has 0 bridgehead atoms. The SMILES string of the molecule is O=S(=O)(Cc1cccc(Cl)c1)NC[C@@H]1COc2ccccc2O1. The molecule has 122 valence electrons. The van der Waals surface area contributed by atoms with Crippen LogP contribution in [0.3, 0.4) is 0 Å². The van der Waals surface area contributed by atoms with Gasteiger partial charge in [-0.15, -0.1) is 0 Å². The first-order valence-electron chi connectivity index (χ1n) is 7.12. The fourth-order valence-electron chi connectivity index (χ4n) is 2.28. The lowest BCUT2D eigenvalue weighted by molar-refractivity contribution is 0.0943. The molecule has 2 aromatic rings. The molecule has 2 aromatic carbocycles. The Labute approximate surface area is 140 Å². The van der Waals surface area contributed by atoms with Gasteiger partial charge in [-0.3, -0.25) is 0 Å². The van der Waals surface area contributed by atoms with E-state index in [4.69, 9.17) is 21.1 Å². The zero-order chi connectivity index (χ0) is 16.3. The molecule has 23 heavy (non-hydrogen) atoms. The van der Waals surface area contributed by atoms with Gasteiger partial charge in [-0.05, 0) is 29.8 Å². The second-order valence-electron chi connectivity index (χ2n) is 5.24. The second kappa shape index (κ2) is 6.78. The smallest absolute Gasteiger partial charge is 0.215 e. The van der Waals surface area contributed by atoms with Crippen molar-refractivity contribution in [3.05, 3.63) is 59.1 Å². The number of hydrogen-bond acceptors (Lipinski definition) is 4. The minimum absolute atomic E-state index is 0.127. The van der Waals surface area contributed by atoms with Gasteiger partial charge >= 0.3 is 0 Å². The van der Waals surface area contributed by atoms with Gasteiger partial charge in [-0.25, -0.2) is 13.1 Å². The summed E-state index contributed by atoms with van der Waals surface area (Å²) in [5.41, 5.74) is 0.635. The lowest BCUT2D eigenvalue weighted by Crippen LogP contribution is -2.41. The van der Waals surface area contributed by atoms with Crippen LogP contribution in [0, 0.1) is 0 Å². The largest absolute Gasteiger partial charge is 0.486 e. The quantitative estimate of drug-likeness (QED) is 0.897. The number of fused-ring (bicyclic) bond motifs is 1. The summed E-state index contributed by atoms with van der Waals surface area (Å²) in [4.78, 5) is 0. The summed E-state index contributed by atoms with van der Waals surface area (Å²) in [5, 5.41) is 0.512. The van der Waals surface area contributed by atoms with Crippen molar-refractivity contribution in [2.45, 2.75) is 11.9 Å². The fourth-order valence-corrected chi connectivity index (χ4v) is 3.65. The van der Waals surface area contributed by atoms with E-state index in [1.165, 1.54) is 0 Å². The Hall–Kier alpha value is -1.76. The molecule has 3 rings (SSSR count). The van der Waals surface area contributed by atoms with Crippen LogP contribution in [0.4, 0.5) is 0 Å². The van der Waals surface area contributed by atoms with E-state index in [0.29, 0.717) is 28.7 Å². The molecule has 0 saturated carbocycles. The Bertz CT molecular complexity index is 794. The standard InChI is InChI=1S/C16H16ClNO4S/c17-13-5-3-4-12(8-13)11-23(19,20)18-9-14-10-21-15-6-1-2-7-16(15)22-14/h1-8,14,18H,9-11H2/t14-/m1/s1. The summed E-state index contributed by atoms with van der Waals surface area (Å²) in [6.07, 6.45) is -0.362. The Balaban J connectivity index is 1.58. The summed E-state index contributed by atoms with van der Waals surface area (Å²) < 4.78 is 38.1. The van der Waals surface area contributed by atoms with E-state index < -0.39 is 10.0 Å². The lowest BCUT2D eigenvalue weighted by Gasteiger charge is -2.26. The maximum absolute atomic E-state index is 12.1. The third-order valence-corrected chi connectivity index (χ3v) is 4.90. The molecule has 7 heteroatoms. The summed E-state index contributed by atoms with van der Waals surface area (Å²) in [7, 11) is -3.47. The maximum Gasteiger partial charge on any atom is 0.215 e. The van der Waals surface area contributed by atoms with E-state index in [1.54, 1.807) is 30.3 Å². The highest BCUT2D eigenvalue weighted by atomic mass is 35.5. The predicted molar refractivity (Wildman–Crippen MR) is 88.4 cm³/mol. The van der Waals surface area contributed by atoms with Crippen molar-refractivity contribution in [2.75, 3.05) is 13.2 Å². The van der Waals surface area contributed by atoms with Gasteiger partial charge in [0.2, 0.25) is 10.0 Å². The molecular weight excluding hydrogens is 338 g/mol. The van der Waals surface area contributed by atoms with Crippen molar-refractivity contribution < 1.29 is 17.9 Å². The van der Waals surface area contributed by atoms with E-state index >= 15 is 0 Å². The molecule has 1 atom stereocenters. The molecule has 0 saturated heterocycles. The molecule has 0 unspecified atom stereocenters. The van der Waals surface area contributed by atoms with Gasteiger partial charge in [0.15, 0.2) is 11.5 Å². The topological polar surface area (TPSA) is 64.6 Å². The summed E-state index contributed by atoms with van der Waals surface area (Å²) >= 11 is 5.87. The van der Waals surface area contributed by atoms with Gasteiger partial charge in [0.05, 0.1) is 12.3 Å². The second-order valence-corrected chi connectivity index (χ2v) is 7.48. The van der Waals surface area contributed by atoms with Crippen LogP contribution in [0.5, 0.6) is 11.5 Å². The molecule has 1 aliphatic heterocycles. The molecule has 0 aliphatic carbocycles. The molecule has 0 fully saturated rings. The monoisotopic (exact) mass is 353 g/mol. The van der Waals surface area contributed by atoms with E-state index in [9.17, 15) is 8.42 Å². The van der Waals surface area contributed by atoms with Crippen LogP contribution in [-0.4, -0.2) is 27.7 Å². The van der Waals surface area contributed by atoms with Crippen LogP contribution in [0.1, 0.15) is 5.56 Å². The van der Waals surface area contributed by atoms with Crippen LogP contribution in [-0.2, 0) is 15.8 Å². The normalized spacial score (nSPS) is 17.0. The molecule has 1 N–H and O–H groups in total. The zero-order valence-electron chi connectivity index (χ0n) is 12.2. The number of sulfonamides is 1. The van der Waals surface area contributed by atoms with Crippen molar-refractivity contribution in [1.29, 1.82) is 0 Å². The van der Waals surface area contributed by atoms with Gasteiger partial charge < -0.3 is 9.47 Å². The van der Waals surface area contributed by atoms with Gasteiger partial charge in [0, 0.05) is 5.02 Å². The minimum Gasteiger partial charge on any atom is -0.486 e. The number of ether oxygens (including phenoxy) is 2. The highest BCUT2D eigenvalue weighted by Crippen LogP contribution is 2.30. The number of para-hydroxylation sites is 2. The Morgan fingerprint density at radius 1 is 1.13 bits per heavy atom. The molecule has 1 aliphatic rings. The predicted octanol–water partition coefficient (Wildman–Crippen LogP) is 2.60. The van der Waals surface area contributed by atoms with E-state index in [0.717, 1.165) is 0 Å². The molecule has 0 aromatic heterocycles. The van der Waals surface area contributed by atoms with Crippen molar-refractivity contribution in [2.24, 2.45) is 0 Å². The van der Waals surface area contributed by atoms with Crippen molar-refractivity contribution >= 4 is 21.6 Å². The number of rotatable bonds is 5. The molecule has 0 amide bonds. The van der Waals surface area contributed by atoms with E-state index in [2.05, 4.69) is 4.72 Å². The van der Waals surface area contributed by atoms with Crippen LogP contribution in [0.2, 0.25) is 5.02 Å². The Kier molecular flexibility index (Phi) is 4.75. The third-order valence-electron chi connectivity index (χ3n) is 3.34. The first-order chi connectivity index (χ1) is 11.0. The Morgan fingerprint density at radius 3 is 2.70 bits per heavy atom. The van der Waals surface area contributed by atoms with Gasteiger partial charge in [-0.2, -0.15) is 0 Å². The lowest BCUT2D eigenvalue weighted by atomic mass is 10.2. The van der Waals surface area contributed by atoms with E-state index in [-0.39, 0.29) is 18.4 Å². The molecular formula is C16H16ClNO4S. The van der Waals surface area contributed by atoms with Gasteiger partial charge in [0.25, 0.3) is 0 Å². The molecule has 5 nitrogen and oxygen atoms in total. The van der Waals surface area contributed by atoms with Crippen LogP contribution in [0.15, 0.2) is 48.5 Å². The maximum atomic E-state index is 12.1. The summed E-state index contributed by atoms with van der Waals surface area (Å²) in [5.74, 6) is 1.17. The number of halogens is 1. The van der Waals surface area contributed by atoms with Crippen molar-refractivity contribution in [3.8, 4) is 11.5 Å². The van der Waals surface area contributed by atoms with E-state index in [1.807, 2.05) is 18.2 Å². The van der Waals surface area contributed by atoms with Crippen LogP contribution < -0.4 is 14.2 Å². The zero-order valence-corrected chi connectivity index (χ0v) is 13.8. The number of hydrogen-bond donors (Lipinski definition) is 1. The number of benzene rings is 2. The van der Waals surface area contributed by atoms with Crippen LogP contribution >= 0.6 is 11.6 Å². The first kappa shape index (κ1) is 16.1. The highest BCUT2D eigenvalue weighted by molar-refractivity contribution is 7.88. The highest BCUT2D eigenvalue weighted by Gasteiger charge is 2.22. The van der Waals surface area contributed by atoms with Crippen molar-refractivity contribution in [3.63, 3.8) is 0 Å². The number of nitrogens with one attached hydrogen (secondary N) is 1. The molecule has 0 spiro atoms.